The monoisotopic (exact) mass is 476 g/mol. The van der Waals surface area contributed by atoms with Crippen LogP contribution in [-0.2, 0) is 9.53 Å². The molecule has 0 saturated heterocycles. The zero-order valence-corrected chi connectivity index (χ0v) is 20.7. The van der Waals surface area contributed by atoms with Gasteiger partial charge in [0.25, 0.3) is 11.1 Å². The summed E-state index contributed by atoms with van der Waals surface area (Å²) in [5.74, 6) is 0.672. The maximum absolute atomic E-state index is 13.0. The van der Waals surface area contributed by atoms with Crippen LogP contribution in [0.15, 0.2) is 9.64 Å². The highest BCUT2D eigenvalue weighted by Crippen LogP contribution is 2.24. The van der Waals surface area contributed by atoms with Crippen molar-refractivity contribution in [3.05, 3.63) is 5.89 Å². The van der Waals surface area contributed by atoms with Crippen LogP contribution >= 0.6 is 24.2 Å². The summed E-state index contributed by atoms with van der Waals surface area (Å²) in [7, 11) is 3.71. The zero-order chi connectivity index (χ0) is 21.9. The second-order valence-corrected chi connectivity index (χ2v) is 9.45. The molecule has 0 radical (unpaired) electrons. The second-order valence-electron chi connectivity index (χ2n) is 8.41. The predicted octanol–water partition coefficient (Wildman–Crippen LogP) is 3.46. The highest BCUT2D eigenvalue weighted by atomic mass is 35.5. The Balaban J connectivity index is 0.00000480. The van der Waals surface area contributed by atoms with Crippen LogP contribution in [0.5, 0.6) is 0 Å². The van der Waals surface area contributed by atoms with E-state index in [9.17, 15) is 9.59 Å². The third kappa shape index (κ3) is 9.89. The lowest BCUT2D eigenvalue weighted by Crippen LogP contribution is -2.45. The van der Waals surface area contributed by atoms with Crippen molar-refractivity contribution in [2.45, 2.75) is 63.6 Å². The predicted molar refractivity (Wildman–Crippen MR) is 124 cm³/mol. The van der Waals surface area contributed by atoms with E-state index in [0.717, 1.165) is 44.5 Å². The summed E-state index contributed by atoms with van der Waals surface area (Å²) in [6.07, 6.45) is 5.68. The van der Waals surface area contributed by atoms with E-state index in [1.165, 1.54) is 18.2 Å². The molecule has 1 aromatic heterocycles. The Morgan fingerprint density at radius 1 is 1.23 bits per heavy atom. The fourth-order valence-electron chi connectivity index (χ4n) is 3.52. The summed E-state index contributed by atoms with van der Waals surface area (Å²) in [5.41, 5.74) is 0. The number of nitrogens with zero attached hydrogens (tertiary/aromatic N) is 3. The van der Waals surface area contributed by atoms with E-state index in [1.54, 1.807) is 7.11 Å². The van der Waals surface area contributed by atoms with E-state index in [-0.39, 0.29) is 41.8 Å². The van der Waals surface area contributed by atoms with Gasteiger partial charge in [-0.1, -0.05) is 44.9 Å². The molecule has 0 aliphatic heterocycles. The number of Topliss-reactive ketones (excluding diaryl/α,β-unsaturated/α-hetero) is 1. The molecule has 1 aromatic rings. The maximum atomic E-state index is 13.0. The van der Waals surface area contributed by atoms with Gasteiger partial charge in [-0.3, -0.25) is 9.59 Å². The molecule has 1 aliphatic rings. The quantitative estimate of drug-likeness (QED) is 0.341. The average molecular weight is 477 g/mol. The molecule has 0 bridgehead atoms. The molecule has 1 unspecified atom stereocenters. The molecule has 2 rings (SSSR count). The number of methoxy groups -OCH3 is 1. The van der Waals surface area contributed by atoms with E-state index in [0.29, 0.717) is 18.3 Å². The number of hydrogen-bond acceptors (Lipinski definition) is 8. The fourth-order valence-corrected chi connectivity index (χ4v) is 4.34. The van der Waals surface area contributed by atoms with Crippen molar-refractivity contribution in [1.82, 2.24) is 20.4 Å². The van der Waals surface area contributed by atoms with Crippen molar-refractivity contribution in [2.24, 2.45) is 11.8 Å². The van der Waals surface area contributed by atoms with Crippen LogP contribution in [0.25, 0.3) is 0 Å². The first-order valence-corrected chi connectivity index (χ1v) is 11.9. The summed E-state index contributed by atoms with van der Waals surface area (Å²) in [4.78, 5) is 27.8. The van der Waals surface area contributed by atoms with Crippen LogP contribution in [-0.4, -0.2) is 72.4 Å². The number of rotatable bonds is 13. The molecule has 0 spiro atoms. The van der Waals surface area contributed by atoms with Gasteiger partial charge >= 0.3 is 0 Å². The molecular formula is C21H37ClN4O4S. The van der Waals surface area contributed by atoms with Gasteiger partial charge in [0.05, 0.1) is 12.6 Å². The number of ether oxygens (including phenoxy) is 1. The molecule has 1 amide bonds. The van der Waals surface area contributed by atoms with Crippen LogP contribution in [0.2, 0.25) is 0 Å². The first-order valence-electron chi connectivity index (χ1n) is 10.9. The number of amides is 1. The first kappa shape index (κ1) is 27.9. The maximum Gasteiger partial charge on any atom is 0.286 e. The van der Waals surface area contributed by atoms with Crippen molar-refractivity contribution in [2.75, 3.05) is 39.6 Å². The Bertz CT molecular complexity index is 668. The molecule has 31 heavy (non-hydrogen) atoms. The zero-order valence-electron chi connectivity index (χ0n) is 19.1. The molecule has 1 aliphatic carbocycles. The smallest absolute Gasteiger partial charge is 0.286 e. The lowest BCUT2D eigenvalue weighted by atomic mass is 9.88. The minimum atomic E-state index is -0.627. The molecule has 1 N–H and O–H groups in total. The van der Waals surface area contributed by atoms with Crippen molar-refractivity contribution >= 4 is 35.9 Å². The summed E-state index contributed by atoms with van der Waals surface area (Å²) >= 11 is 1.42. The number of halogens is 1. The number of thioether (sulfide) groups is 1. The number of carbonyl (C=O) groups excluding carboxylic acids is 2. The molecule has 1 fully saturated rings. The molecule has 1 heterocycles. The van der Waals surface area contributed by atoms with E-state index in [4.69, 9.17) is 9.15 Å². The number of carbonyl (C=O) groups is 2. The first-order chi connectivity index (χ1) is 14.4. The average Bonchev–Trinajstić information content (AvgIpc) is 3.20. The number of aromatic nitrogens is 2. The van der Waals surface area contributed by atoms with Crippen molar-refractivity contribution in [1.29, 1.82) is 0 Å². The van der Waals surface area contributed by atoms with Gasteiger partial charge in [-0.15, -0.1) is 22.6 Å². The largest absolute Gasteiger partial charge is 0.408 e. The lowest BCUT2D eigenvalue weighted by molar-refractivity contribution is -0.126. The topological polar surface area (TPSA) is 97.6 Å². The Labute approximate surface area is 196 Å². The molecule has 0 aromatic carbocycles. The number of ketones is 1. The molecule has 1 atom stereocenters. The highest BCUT2D eigenvalue weighted by Gasteiger charge is 2.30. The normalized spacial score (nSPS) is 15.7. The van der Waals surface area contributed by atoms with Gasteiger partial charge in [0.15, 0.2) is 0 Å². The Morgan fingerprint density at radius 3 is 2.58 bits per heavy atom. The molecule has 178 valence electrons. The van der Waals surface area contributed by atoms with Gasteiger partial charge < -0.3 is 19.4 Å². The SMILES string of the molecule is COCCN(C)CCSc1nnc(C(=O)C(CC(C)C)NC(=O)C2CCCCC2)o1.Cl. The summed E-state index contributed by atoms with van der Waals surface area (Å²) in [6.45, 7) is 6.43. The summed E-state index contributed by atoms with van der Waals surface area (Å²) in [5, 5.41) is 11.3. The van der Waals surface area contributed by atoms with Crippen LogP contribution in [0, 0.1) is 11.8 Å². The highest BCUT2D eigenvalue weighted by molar-refractivity contribution is 7.99. The second kappa shape index (κ2) is 14.8. The number of likely N-dealkylation sites (N-methyl/N-ethyl adjacent to an activating group) is 1. The Kier molecular flexibility index (Phi) is 13.3. The Hall–Kier alpha value is -1.16. The Morgan fingerprint density at radius 2 is 1.94 bits per heavy atom. The van der Waals surface area contributed by atoms with Crippen molar-refractivity contribution in [3.8, 4) is 0 Å². The molecular weight excluding hydrogens is 440 g/mol. The standard InChI is InChI=1S/C21H36N4O4S.ClH/c1-15(2)14-17(22-19(27)16-8-6-5-7-9-16)18(26)20-23-24-21(29-20)30-13-11-25(3)10-12-28-4;/h15-17H,5-14H2,1-4H3,(H,22,27);1H. The minimum Gasteiger partial charge on any atom is -0.408 e. The van der Waals surface area contributed by atoms with Crippen LogP contribution in [0.4, 0.5) is 0 Å². The van der Waals surface area contributed by atoms with E-state index < -0.39 is 6.04 Å². The van der Waals surface area contributed by atoms with Crippen LogP contribution in [0.3, 0.4) is 0 Å². The summed E-state index contributed by atoms with van der Waals surface area (Å²) < 4.78 is 10.7. The van der Waals surface area contributed by atoms with Gasteiger partial charge in [-0.05, 0) is 32.2 Å². The van der Waals surface area contributed by atoms with E-state index in [2.05, 4.69) is 20.4 Å². The number of nitrogens with one attached hydrogen (secondary N) is 1. The van der Waals surface area contributed by atoms with Gasteiger partial charge in [-0.25, -0.2) is 0 Å². The van der Waals surface area contributed by atoms with Crippen LogP contribution < -0.4 is 5.32 Å². The van der Waals surface area contributed by atoms with E-state index in [1.807, 2.05) is 20.9 Å². The number of hydrogen-bond donors (Lipinski definition) is 1. The van der Waals surface area contributed by atoms with Gasteiger partial charge in [0.1, 0.15) is 0 Å². The van der Waals surface area contributed by atoms with Gasteiger partial charge in [0.2, 0.25) is 11.7 Å². The summed E-state index contributed by atoms with van der Waals surface area (Å²) in [6, 6.07) is -0.627. The minimum absolute atomic E-state index is 0. The molecule has 8 nitrogen and oxygen atoms in total. The van der Waals surface area contributed by atoms with Gasteiger partial charge in [-0.2, -0.15) is 0 Å². The van der Waals surface area contributed by atoms with Crippen molar-refractivity contribution < 1.29 is 18.7 Å². The van der Waals surface area contributed by atoms with Gasteiger partial charge in [0, 0.05) is 31.9 Å². The molecule has 1 saturated carbocycles. The fraction of sp³-hybridized carbons (Fsp3) is 0.810. The third-order valence-corrected chi connectivity index (χ3v) is 6.11. The molecule has 10 heteroatoms. The van der Waals surface area contributed by atoms with Crippen molar-refractivity contribution in [3.63, 3.8) is 0 Å². The van der Waals surface area contributed by atoms with Crippen LogP contribution in [0.1, 0.15) is 63.1 Å². The lowest BCUT2D eigenvalue weighted by Gasteiger charge is -2.24. The third-order valence-electron chi connectivity index (χ3n) is 5.31. The van der Waals surface area contributed by atoms with E-state index >= 15 is 0 Å².